The lowest BCUT2D eigenvalue weighted by molar-refractivity contribution is -0.000576. The topological polar surface area (TPSA) is 8.17 Å². The zero-order valence-corrected chi connectivity index (χ0v) is 17.7. The molecule has 0 amide bonds. The van der Waals surface area contributed by atoms with Gasteiger partial charge in [0.2, 0.25) is 0 Å². The van der Waals surface area contributed by atoms with E-state index < -0.39 is 0 Å². The van der Waals surface area contributed by atoms with Gasteiger partial charge in [-0.3, -0.25) is 0 Å². The standard InChI is InChI=1S/C25H36N2/c1-17(2)27-15-18-13-23-21(20-11-8-12-22(27)24(18)20)14-25(3,16-26(23)4)19-9-6-5-7-10-19/h8,11-12,15,17,19,21,23H,5-7,9-10,13-14,16H2,1-4H3/t21-,23-,25?/m1/s1. The summed E-state index contributed by atoms with van der Waals surface area (Å²) in [6.07, 6.45) is 12.4. The van der Waals surface area contributed by atoms with Gasteiger partial charge >= 0.3 is 0 Å². The van der Waals surface area contributed by atoms with Crippen molar-refractivity contribution >= 4 is 10.9 Å². The molecular formula is C25H36N2. The summed E-state index contributed by atoms with van der Waals surface area (Å²) >= 11 is 0. The van der Waals surface area contributed by atoms with E-state index in [1.165, 1.54) is 57.0 Å². The molecule has 1 saturated carbocycles. The third-order valence-corrected chi connectivity index (χ3v) is 8.27. The van der Waals surface area contributed by atoms with E-state index in [1.54, 1.807) is 16.5 Å². The van der Waals surface area contributed by atoms with Crippen molar-refractivity contribution in [3.05, 3.63) is 35.5 Å². The first kappa shape index (κ1) is 17.8. The first-order valence-electron chi connectivity index (χ1n) is 11.3. The Morgan fingerprint density at radius 1 is 1.11 bits per heavy atom. The third kappa shape index (κ3) is 2.70. The molecule has 1 aromatic carbocycles. The monoisotopic (exact) mass is 364 g/mol. The van der Waals surface area contributed by atoms with Crippen LogP contribution in [0.25, 0.3) is 10.9 Å². The van der Waals surface area contributed by atoms with Gasteiger partial charge in [-0.1, -0.05) is 38.3 Å². The summed E-state index contributed by atoms with van der Waals surface area (Å²) in [5.41, 5.74) is 5.18. The van der Waals surface area contributed by atoms with Gasteiger partial charge in [-0.25, -0.2) is 0 Å². The number of hydrogen-bond donors (Lipinski definition) is 0. The Bertz CT molecular complexity index is 841. The lowest BCUT2D eigenvalue weighted by Crippen LogP contribution is -2.54. The molecule has 5 rings (SSSR count). The van der Waals surface area contributed by atoms with Crippen LogP contribution < -0.4 is 0 Å². The number of hydrogen-bond acceptors (Lipinski definition) is 1. The van der Waals surface area contributed by atoms with Gasteiger partial charge in [0.05, 0.1) is 0 Å². The molecule has 2 fully saturated rings. The van der Waals surface area contributed by atoms with E-state index in [4.69, 9.17) is 0 Å². The van der Waals surface area contributed by atoms with Crippen LogP contribution in [0.3, 0.4) is 0 Å². The first-order chi connectivity index (χ1) is 13.0. The van der Waals surface area contributed by atoms with Gasteiger partial charge in [-0.2, -0.15) is 0 Å². The average Bonchev–Trinajstić information content (AvgIpc) is 3.04. The first-order valence-corrected chi connectivity index (χ1v) is 11.3. The van der Waals surface area contributed by atoms with Crippen LogP contribution in [0.5, 0.6) is 0 Å². The molecule has 3 aliphatic rings. The van der Waals surface area contributed by atoms with Crippen LogP contribution in [0, 0.1) is 11.3 Å². The number of likely N-dealkylation sites (tertiary alicyclic amines) is 1. The molecule has 1 unspecified atom stereocenters. The molecule has 2 nitrogen and oxygen atoms in total. The quantitative estimate of drug-likeness (QED) is 0.620. The normalized spacial score (nSPS) is 32.2. The Balaban J connectivity index is 1.58. The van der Waals surface area contributed by atoms with Gasteiger partial charge in [-0.15, -0.1) is 0 Å². The van der Waals surface area contributed by atoms with Crippen LogP contribution in [0.1, 0.15) is 82.4 Å². The number of benzene rings is 1. The van der Waals surface area contributed by atoms with Crippen LogP contribution in [0.4, 0.5) is 0 Å². The molecule has 0 bridgehead atoms. The van der Waals surface area contributed by atoms with Crippen molar-refractivity contribution in [2.45, 2.75) is 83.7 Å². The van der Waals surface area contributed by atoms with Gasteiger partial charge in [-0.05, 0) is 75.1 Å². The summed E-state index contributed by atoms with van der Waals surface area (Å²) in [5.74, 6) is 1.63. The summed E-state index contributed by atoms with van der Waals surface area (Å²) in [4.78, 5) is 2.73. The highest BCUT2D eigenvalue weighted by molar-refractivity contribution is 5.89. The average molecular weight is 365 g/mol. The summed E-state index contributed by atoms with van der Waals surface area (Å²) < 4.78 is 2.51. The number of piperidine rings is 1. The van der Waals surface area contributed by atoms with Gasteiger partial charge < -0.3 is 9.47 Å². The zero-order chi connectivity index (χ0) is 18.8. The number of fused-ring (bicyclic) bond motifs is 2. The van der Waals surface area contributed by atoms with Crippen LogP contribution in [0.15, 0.2) is 24.4 Å². The van der Waals surface area contributed by atoms with Crippen LogP contribution in [-0.4, -0.2) is 29.1 Å². The fraction of sp³-hybridized carbons (Fsp3) is 0.680. The van der Waals surface area contributed by atoms with Crippen LogP contribution in [-0.2, 0) is 6.42 Å². The zero-order valence-electron chi connectivity index (χ0n) is 17.7. The van der Waals surface area contributed by atoms with Crippen molar-refractivity contribution in [3.8, 4) is 0 Å². The molecule has 0 radical (unpaired) electrons. The maximum atomic E-state index is 2.73. The van der Waals surface area contributed by atoms with Gasteiger partial charge in [0.1, 0.15) is 0 Å². The lowest BCUT2D eigenvalue weighted by Gasteiger charge is -2.53. The summed E-state index contributed by atoms with van der Waals surface area (Å²) in [5, 5.41) is 1.59. The maximum Gasteiger partial charge on any atom is 0.0488 e. The lowest BCUT2D eigenvalue weighted by atomic mass is 9.60. The molecule has 0 N–H and O–H groups in total. The van der Waals surface area contributed by atoms with Gasteiger partial charge in [0.15, 0.2) is 0 Å². The second-order valence-electron chi connectivity index (χ2n) is 10.4. The molecule has 2 heteroatoms. The van der Waals surface area contributed by atoms with E-state index in [0.717, 1.165) is 5.92 Å². The van der Waals surface area contributed by atoms with Crippen molar-refractivity contribution < 1.29 is 0 Å². The predicted octanol–water partition coefficient (Wildman–Crippen LogP) is 6.15. The van der Waals surface area contributed by atoms with E-state index >= 15 is 0 Å². The molecule has 2 heterocycles. The smallest absolute Gasteiger partial charge is 0.0488 e. The number of nitrogens with zero attached hydrogens (tertiary/aromatic N) is 2. The summed E-state index contributed by atoms with van der Waals surface area (Å²) in [6, 6.07) is 8.32. The van der Waals surface area contributed by atoms with Crippen LogP contribution in [0.2, 0.25) is 0 Å². The molecule has 27 heavy (non-hydrogen) atoms. The summed E-state index contributed by atoms with van der Waals surface area (Å²) in [6.45, 7) is 8.53. The van der Waals surface area contributed by atoms with E-state index in [1.807, 2.05) is 0 Å². The molecule has 0 spiro atoms. The largest absolute Gasteiger partial charge is 0.345 e. The van der Waals surface area contributed by atoms with Crippen molar-refractivity contribution in [2.24, 2.45) is 11.3 Å². The number of aromatic nitrogens is 1. The molecule has 1 saturated heterocycles. The Hall–Kier alpha value is -1.28. The number of likely N-dealkylation sites (N-methyl/N-ethyl adjacent to an activating group) is 1. The highest BCUT2D eigenvalue weighted by Crippen LogP contribution is 2.53. The SMILES string of the molecule is CC(C)n1cc2c3c(cccc31)[C@H]1CC(C)(C3CCCCC3)CN(C)[C@@H]1C2. The Morgan fingerprint density at radius 3 is 2.63 bits per heavy atom. The van der Waals surface area contributed by atoms with Crippen molar-refractivity contribution in [1.29, 1.82) is 0 Å². The molecule has 3 atom stereocenters. The van der Waals surface area contributed by atoms with E-state index in [2.05, 4.69) is 61.7 Å². The van der Waals surface area contributed by atoms with E-state index in [0.29, 0.717) is 23.4 Å². The highest BCUT2D eigenvalue weighted by Gasteiger charge is 2.47. The fourth-order valence-electron chi connectivity index (χ4n) is 6.95. The van der Waals surface area contributed by atoms with E-state index in [-0.39, 0.29) is 0 Å². The minimum absolute atomic E-state index is 0.483. The number of rotatable bonds is 2. The Labute approximate surface area is 164 Å². The van der Waals surface area contributed by atoms with E-state index in [9.17, 15) is 0 Å². The minimum Gasteiger partial charge on any atom is -0.345 e. The fourth-order valence-corrected chi connectivity index (χ4v) is 6.95. The van der Waals surface area contributed by atoms with Crippen LogP contribution >= 0.6 is 0 Å². The predicted molar refractivity (Wildman–Crippen MR) is 114 cm³/mol. The van der Waals surface area contributed by atoms with Crippen molar-refractivity contribution in [3.63, 3.8) is 0 Å². The molecule has 146 valence electrons. The Morgan fingerprint density at radius 2 is 1.89 bits per heavy atom. The Kier molecular flexibility index (Phi) is 4.20. The van der Waals surface area contributed by atoms with Gasteiger partial charge in [0.25, 0.3) is 0 Å². The molecule has 1 aromatic heterocycles. The molecule has 2 aliphatic carbocycles. The van der Waals surface area contributed by atoms with Crippen molar-refractivity contribution in [1.82, 2.24) is 9.47 Å². The van der Waals surface area contributed by atoms with Gasteiger partial charge in [0, 0.05) is 41.6 Å². The molecular weight excluding hydrogens is 328 g/mol. The van der Waals surface area contributed by atoms with Crippen molar-refractivity contribution in [2.75, 3.05) is 13.6 Å². The molecule has 1 aliphatic heterocycles. The second-order valence-corrected chi connectivity index (χ2v) is 10.4. The molecule has 2 aromatic rings. The summed E-state index contributed by atoms with van der Waals surface area (Å²) in [7, 11) is 2.41. The highest BCUT2D eigenvalue weighted by atomic mass is 15.2. The third-order valence-electron chi connectivity index (χ3n) is 8.27. The second kappa shape index (κ2) is 6.37. The minimum atomic E-state index is 0.483. The maximum absolute atomic E-state index is 2.73.